The molecular formula is C28H33FN2O. The highest BCUT2D eigenvalue weighted by Gasteiger charge is 2.22. The van der Waals surface area contributed by atoms with Crippen molar-refractivity contribution in [1.29, 1.82) is 0 Å². The van der Waals surface area contributed by atoms with Gasteiger partial charge in [0.2, 0.25) is 0 Å². The third-order valence-electron chi connectivity index (χ3n) is 6.51. The number of anilines is 1. The van der Waals surface area contributed by atoms with Crippen molar-refractivity contribution in [2.75, 3.05) is 38.1 Å². The fourth-order valence-corrected chi connectivity index (χ4v) is 4.65. The molecule has 1 heterocycles. The molecule has 1 aliphatic heterocycles. The molecule has 3 aromatic carbocycles. The zero-order valence-electron chi connectivity index (χ0n) is 18.8. The first-order chi connectivity index (χ1) is 15.6. The van der Waals surface area contributed by atoms with Crippen molar-refractivity contribution in [1.82, 2.24) is 4.90 Å². The molecule has 0 aliphatic carbocycles. The van der Waals surface area contributed by atoms with E-state index in [4.69, 9.17) is 0 Å². The summed E-state index contributed by atoms with van der Waals surface area (Å²) in [4.78, 5) is 4.51. The molecule has 0 radical (unpaired) electrons. The van der Waals surface area contributed by atoms with E-state index in [1.807, 2.05) is 37.4 Å². The Morgan fingerprint density at radius 3 is 2.12 bits per heavy atom. The molecule has 1 N–H and O–H groups in total. The lowest BCUT2D eigenvalue weighted by atomic mass is 9.88. The lowest BCUT2D eigenvalue weighted by Gasteiger charge is -2.34. The average Bonchev–Trinajstić information content (AvgIpc) is 2.82. The second-order valence-corrected chi connectivity index (χ2v) is 8.99. The third kappa shape index (κ3) is 6.18. The molecule has 3 nitrogen and oxygen atoms in total. The maximum atomic E-state index is 13.1. The first kappa shape index (κ1) is 22.5. The van der Waals surface area contributed by atoms with Crippen LogP contribution < -0.4 is 4.90 Å². The maximum absolute atomic E-state index is 13.1. The highest BCUT2D eigenvalue weighted by atomic mass is 19.1. The van der Waals surface area contributed by atoms with Crippen molar-refractivity contribution >= 4 is 5.69 Å². The molecular weight excluding hydrogens is 399 g/mol. The van der Waals surface area contributed by atoms with E-state index in [-0.39, 0.29) is 11.9 Å². The van der Waals surface area contributed by atoms with E-state index in [1.165, 1.54) is 23.3 Å². The summed E-state index contributed by atoms with van der Waals surface area (Å²) in [5.41, 5.74) is 4.91. The van der Waals surface area contributed by atoms with Crippen LogP contribution in [0.25, 0.3) is 0 Å². The molecule has 32 heavy (non-hydrogen) atoms. The quantitative estimate of drug-likeness (QED) is 0.537. The van der Waals surface area contributed by atoms with E-state index in [2.05, 4.69) is 46.2 Å². The number of piperidine rings is 1. The van der Waals surface area contributed by atoms with Gasteiger partial charge in [0.15, 0.2) is 0 Å². The van der Waals surface area contributed by atoms with E-state index in [1.54, 1.807) is 0 Å². The molecule has 3 aromatic rings. The van der Waals surface area contributed by atoms with Crippen LogP contribution in [0.2, 0.25) is 0 Å². The van der Waals surface area contributed by atoms with Crippen LogP contribution >= 0.6 is 0 Å². The summed E-state index contributed by atoms with van der Waals surface area (Å²) in [5.74, 6) is 0.390. The van der Waals surface area contributed by atoms with Gasteiger partial charge in [-0.3, -0.25) is 0 Å². The summed E-state index contributed by atoms with van der Waals surface area (Å²) >= 11 is 0. The first-order valence-electron chi connectivity index (χ1n) is 11.6. The standard InChI is InChI=1S/C28H33FN2O/c1-30(27-5-3-2-4-6-27)20-28(32)21-31-17-15-25(16-18-31)24-11-7-22(8-12-24)19-23-9-13-26(29)14-10-23/h2-14,25,28,32H,15-21H2,1H3. The Hall–Kier alpha value is -2.69. The Kier molecular flexibility index (Phi) is 7.56. The van der Waals surface area contributed by atoms with Gasteiger partial charge in [-0.2, -0.15) is 0 Å². The number of benzene rings is 3. The first-order valence-corrected chi connectivity index (χ1v) is 11.6. The van der Waals surface area contributed by atoms with Gasteiger partial charge in [-0.15, -0.1) is 0 Å². The highest BCUT2D eigenvalue weighted by Crippen LogP contribution is 2.28. The number of aliphatic hydroxyl groups excluding tert-OH is 1. The second-order valence-electron chi connectivity index (χ2n) is 8.99. The molecule has 0 saturated carbocycles. The summed E-state index contributed by atoms with van der Waals surface area (Å²) in [6, 6.07) is 25.9. The fourth-order valence-electron chi connectivity index (χ4n) is 4.65. The van der Waals surface area contributed by atoms with Gasteiger partial charge < -0.3 is 14.9 Å². The highest BCUT2D eigenvalue weighted by molar-refractivity contribution is 5.45. The normalized spacial score (nSPS) is 16.1. The molecule has 4 heteroatoms. The van der Waals surface area contributed by atoms with Gasteiger partial charge in [-0.05, 0) is 79.2 Å². The van der Waals surface area contributed by atoms with Gasteiger partial charge in [0.25, 0.3) is 0 Å². The number of hydrogen-bond donors (Lipinski definition) is 1. The van der Waals surface area contributed by atoms with E-state index in [9.17, 15) is 9.50 Å². The fraction of sp³-hybridized carbons (Fsp3) is 0.357. The molecule has 1 aliphatic rings. The van der Waals surface area contributed by atoms with Gasteiger partial charge in [0.05, 0.1) is 6.10 Å². The van der Waals surface area contributed by atoms with Gasteiger partial charge in [-0.25, -0.2) is 4.39 Å². The van der Waals surface area contributed by atoms with Gasteiger partial charge in [0.1, 0.15) is 5.82 Å². The van der Waals surface area contributed by atoms with Crippen molar-refractivity contribution in [3.63, 3.8) is 0 Å². The Balaban J connectivity index is 1.23. The average molecular weight is 433 g/mol. The summed E-state index contributed by atoms with van der Waals surface area (Å²) in [6.07, 6.45) is 2.72. The molecule has 0 amide bonds. The number of aliphatic hydroxyl groups is 1. The number of hydrogen-bond acceptors (Lipinski definition) is 3. The van der Waals surface area contributed by atoms with Gasteiger partial charge in [-0.1, -0.05) is 54.6 Å². The number of likely N-dealkylation sites (tertiary alicyclic amines) is 1. The SMILES string of the molecule is CN(CC(O)CN1CCC(c2ccc(Cc3ccc(F)cc3)cc2)CC1)c1ccccc1. The lowest BCUT2D eigenvalue weighted by molar-refractivity contribution is 0.102. The van der Waals surface area contributed by atoms with E-state index >= 15 is 0 Å². The Morgan fingerprint density at radius 1 is 0.906 bits per heavy atom. The van der Waals surface area contributed by atoms with E-state index < -0.39 is 0 Å². The Morgan fingerprint density at radius 2 is 1.50 bits per heavy atom. The molecule has 1 atom stereocenters. The van der Waals surface area contributed by atoms with Crippen LogP contribution in [0.3, 0.4) is 0 Å². The minimum Gasteiger partial charge on any atom is -0.390 e. The number of halogens is 1. The Labute approximate surface area is 191 Å². The molecule has 0 bridgehead atoms. The van der Waals surface area contributed by atoms with Crippen LogP contribution in [0.15, 0.2) is 78.9 Å². The molecule has 168 valence electrons. The number of para-hydroxylation sites is 1. The zero-order chi connectivity index (χ0) is 22.3. The van der Waals surface area contributed by atoms with Crippen molar-refractivity contribution in [3.8, 4) is 0 Å². The second kappa shape index (κ2) is 10.8. The zero-order valence-corrected chi connectivity index (χ0v) is 18.8. The van der Waals surface area contributed by atoms with Crippen LogP contribution in [0, 0.1) is 5.82 Å². The number of nitrogens with zero attached hydrogens (tertiary/aromatic N) is 2. The number of rotatable bonds is 8. The van der Waals surface area contributed by atoms with Crippen LogP contribution in [0.1, 0.15) is 35.4 Å². The van der Waals surface area contributed by atoms with Crippen molar-refractivity contribution in [3.05, 3.63) is 101 Å². The summed E-state index contributed by atoms with van der Waals surface area (Å²) in [7, 11) is 2.03. The number of likely N-dealkylation sites (N-methyl/N-ethyl adjacent to an activating group) is 1. The predicted molar refractivity (Wildman–Crippen MR) is 130 cm³/mol. The minimum absolute atomic E-state index is 0.189. The van der Waals surface area contributed by atoms with Crippen LogP contribution in [0.5, 0.6) is 0 Å². The summed E-state index contributed by atoms with van der Waals surface area (Å²) < 4.78 is 13.1. The topological polar surface area (TPSA) is 26.7 Å². The van der Waals surface area contributed by atoms with Crippen LogP contribution in [0.4, 0.5) is 10.1 Å². The monoisotopic (exact) mass is 432 g/mol. The number of β-amino-alcohol motifs (C(OH)–C–C–N with tert-alkyl or cyclic N) is 1. The summed E-state index contributed by atoms with van der Waals surface area (Å²) in [5, 5.41) is 10.6. The molecule has 1 saturated heterocycles. The molecule has 0 spiro atoms. The molecule has 1 unspecified atom stereocenters. The molecule has 1 fully saturated rings. The van der Waals surface area contributed by atoms with Gasteiger partial charge >= 0.3 is 0 Å². The summed E-state index contributed by atoms with van der Waals surface area (Å²) in [6.45, 7) is 3.40. The molecule has 4 rings (SSSR count). The van der Waals surface area contributed by atoms with E-state index in [0.29, 0.717) is 12.5 Å². The Bertz CT molecular complexity index is 951. The maximum Gasteiger partial charge on any atom is 0.123 e. The lowest BCUT2D eigenvalue weighted by Crippen LogP contribution is -2.42. The minimum atomic E-state index is -0.359. The van der Waals surface area contributed by atoms with Crippen molar-refractivity contribution < 1.29 is 9.50 Å². The third-order valence-corrected chi connectivity index (χ3v) is 6.51. The smallest absolute Gasteiger partial charge is 0.123 e. The molecule has 0 aromatic heterocycles. The largest absolute Gasteiger partial charge is 0.390 e. The van der Waals surface area contributed by atoms with Crippen molar-refractivity contribution in [2.24, 2.45) is 0 Å². The van der Waals surface area contributed by atoms with Crippen LogP contribution in [-0.4, -0.2) is 49.3 Å². The van der Waals surface area contributed by atoms with Crippen LogP contribution in [-0.2, 0) is 6.42 Å². The van der Waals surface area contributed by atoms with Crippen molar-refractivity contribution in [2.45, 2.75) is 31.3 Å². The predicted octanol–water partition coefficient (Wildman–Crippen LogP) is 5.09. The van der Waals surface area contributed by atoms with E-state index in [0.717, 1.165) is 50.1 Å². The van der Waals surface area contributed by atoms with Gasteiger partial charge in [0, 0.05) is 25.8 Å².